The van der Waals surface area contributed by atoms with E-state index in [0.29, 0.717) is 11.3 Å². The molecule has 0 aliphatic heterocycles. The molecule has 29 heavy (non-hydrogen) atoms. The standard InChI is InChI=1S/C20H16F2N4O3/c1-2-29-19(28)12-6-8-13(9-7-12)24-18(27)16-10-11-23-20(25-16)26-17-14(21)4-3-5-15(17)22/h3-11H,2H2,1H3,(H,24,27)(H,23,25,26). The fourth-order valence-electron chi connectivity index (χ4n) is 2.37. The Morgan fingerprint density at radius 3 is 2.38 bits per heavy atom. The van der Waals surface area contributed by atoms with Gasteiger partial charge in [0.2, 0.25) is 5.95 Å². The van der Waals surface area contributed by atoms with Crippen molar-refractivity contribution < 1.29 is 23.1 Å². The van der Waals surface area contributed by atoms with Crippen molar-refractivity contribution in [2.24, 2.45) is 0 Å². The van der Waals surface area contributed by atoms with Gasteiger partial charge in [-0.2, -0.15) is 0 Å². The number of aromatic nitrogens is 2. The third kappa shape index (κ3) is 4.89. The number of hydrogen-bond donors (Lipinski definition) is 2. The van der Waals surface area contributed by atoms with Gasteiger partial charge in [0.1, 0.15) is 23.0 Å². The minimum atomic E-state index is -0.815. The monoisotopic (exact) mass is 398 g/mol. The van der Waals surface area contributed by atoms with Crippen LogP contribution in [-0.2, 0) is 4.74 Å². The van der Waals surface area contributed by atoms with Crippen molar-refractivity contribution in [3.8, 4) is 0 Å². The summed E-state index contributed by atoms with van der Waals surface area (Å²) >= 11 is 0. The minimum Gasteiger partial charge on any atom is -0.462 e. The number of anilines is 3. The Kier molecular flexibility index (Phi) is 6.08. The first kappa shape index (κ1) is 19.9. The molecule has 148 valence electrons. The molecule has 0 bridgehead atoms. The lowest BCUT2D eigenvalue weighted by Gasteiger charge is -2.09. The number of benzene rings is 2. The molecular weight excluding hydrogens is 382 g/mol. The smallest absolute Gasteiger partial charge is 0.338 e. The molecule has 0 aliphatic rings. The van der Waals surface area contributed by atoms with Crippen molar-refractivity contribution in [3.05, 3.63) is 77.6 Å². The average Bonchev–Trinajstić information content (AvgIpc) is 2.72. The normalized spacial score (nSPS) is 10.3. The van der Waals surface area contributed by atoms with Crippen LogP contribution in [0.3, 0.4) is 0 Å². The van der Waals surface area contributed by atoms with E-state index in [-0.39, 0.29) is 18.2 Å². The zero-order valence-electron chi connectivity index (χ0n) is 15.3. The van der Waals surface area contributed by atoms with Crippen LogP contribution in [0, 0.1) is 11.6 Å². The molecule has 0 fully saturated rings. The second-order valence-electron chi connectivity index (χ2n) is 5.74. The number of rotatable bonds is 6. The molecular formula is C20H16F2N4O3. The van der Waals surface area contributed by atoms with E-state index in [2.05, 4.69) is 20.6 Å². The maximum Gasteiger partial charge on any atom is 0.338 e. The molecule has 0 radical (unpaired) electrons. The largest absolute Gasteiger partial charge is 0.462 e. The van der Waals surface area contributed by atoms with Gasteiger partial charge in [0.15, 0.2) is 0 Å². The van der Waals surface area contributed by atoms with Crippen LogP contribution in [-0.4, -0.2) is 28.5 Å². The first-order chi connectivity index (χ1) is 14.0. The fourth-order valence-corrected chi connectivity index (χ4v) is 2.37. The molecule has 0 atom stereocenters. The van der Waals surface area contributed by atoms with Crippen LogP contribution in [0.2, 0.25) is 0 Å². The van der Waals surface area contributed by atoms with Crippen LogP contribution < -0.4 is 10.6 Å². The second-order valence-corrected chi connectivity index (χ2v) is 5.74. The van der Waals surface area contributed by atoms with Crippen molar-refractivity contribution in [2.75, 3.05) is 17.2 Å². The lowest BCUT2D eigenvalue weighted by Crippen LogP contribution is -2.15. The van der Waals surface area contributed by atoms with Crippen molar-refractivity contribution in [3.63, 3.8) is 0 Å². The Hall–Kier alpha value is -3.88. The summed E-state index contributed by atoms with van der Waals surface area (Å²) in [6.45, 7) is 1.97. The van der Waals surface area contributed by atoms with Gasteiger partial charge in [-0.25, -0.2) is 23.5 Å². The second kappa shape index (κ2) is 8.87. The number of halogens is 2. The number of nitrogens with zero attached hydrogens (tertiary/aromatic N) is 2. The maximum absolute atomic E-state index is 13.8. The molecule has 0 spiro atoms. The zero-order valence-corrected chi connectivity index (χ0v) is 15.3. The van der Waals surface area contributed by atoms with Gasteiger partial charge in [-0.3, -0.25) is 4.79 Å². The molecule has 1 aromatic heterocycles. The summed E-state index contributed by atoms with van der Waals surface area (Å²) in [7, 11) is 0. The Bertz CT molecular complexity index is 1020. The molecule has 2 aromatic carbocycles. The molecule has 1 amide bonds. The lowest BCUT2D eigenvalue weighted by atomic mass is 10.2. The molecule has 0 unspecified atom stereocenters. The number of ether oxygens (including phenoxy) is 1. The highest BCUT2D eigenvalue weighted by atomic mass is 19.1. The molecule has 0 saturated heterocycles. The van der Waals surface area contributed by atoms with E-state index in [0.717, 1.165) is 12.1 Å². The Balaban J connectivity index is 1.72. The van der Waals surface area contributed by atoms with Crippen molar-refractivity contribution >= 4 is 29.2 Å². The van der Waals surface area contributed by atoms with E-state index in [1.807, 2.05) is 0 Å². The Labute approximate surface area is 164 Å². The van der Waals surface area contributed by atoms with Crippen LogP contribution in [0.4, 0.5) is 26.1 Å². The maximum atomic E-state index is 13.8. The molecule has 7 nitrogen and oxygen atoms in total. The third-order valence-corrected chi connectivity index (χ3v) is 3.74. The summed E-state index contributed by atoms with van der Waals surface area (Å²) in [6, 6.07) is 10.9. The predicted molar refractivity (Wildman–Crippen MR) is 102 cm³/mol. The Morgan fingerprint density at radius 2 is 1.72 bits per heavy atom. The molecule has 0 saturated carbocycles. The van der Waals surface area contributed by atoms with Crippen molar-refractivity contribution in [1.82, 2.24) is 9.97 Å². The summed E-state index contributed by atoms with van der Waals surface area (Å²) in [4.78, 5) is 31.9. The van der Waals surface area contributed by atoms with Gasteiger partial charge in [-0.15, -0.1) is 0 Å². The van der Waals surface area contributed by atoms with Crippen LogP contribution in [0.5, 0.6) is 0 Å². The van der Waals surface area contributed by atoms with Crippen molar-refractivity contribution in [1.29, 1.82) is 0 Å². The summed E-state index contributed by atoms with van der Waals surface area (Å²) in [5.41, 5.74) is 0.343. The van der Waals surface area contributed by atoms with Crippen LogP contribution >= 0.6 is 0 Å². The molecule has 1 heterocycles. The van der Waals surface area contributed by atoms with Gasteiger partial charge in [0.25, 0.3) is 5.91 Å². The van der Waals surface area contributed by atoms with Gasteiger partial charge in [-0.05, 0) is 49.4 Å². The lowest BCUT2D eigenvalue weighted by molar-refractivity contribution is 0.0526. The highest BCUT2D eigenvalue weighted by Gasteiger charge is 2.13. The number of para-hydroxylation sites is 1. The van der Waals surface area contributed by atoms with Crippen LogP contribution in [0.25, 0.3) is 0 Å². The number of hydrogen-bond acceptors (Lipinski definition) is 6. The molecule has 0 aliphatic carbocycles. The topological polar surface area (TPSA) is 93.2 Å². The van der Waals surface area contributed by atoms with E-state index in [4.69, 9.17) is 4.74 Å². The molecule has 3 aromatic rings. The zero-order chi connectivity index (χ0) is 20.8. The number of esters is 1. The summed E-state index contributed by atoms with van der Waals surface area (Å²) in [5, 5.41) is 5.04. The highest BCUT2D eigenvalue weighted by molar-refractivity contribution is 6.03. The van der Waals surface area contributed by atoms with E-state index in [9.17, 15) is 18.4 Å². The van der Waals surface area contributed by atoms with Gasteiger partial charge in [0, 0.05) is 11.9 Å². The predicted octanol–water partition coefficient (Wildman–Crippen LogP) is 3.93. The van der Waals surface area contributed by atoms with Gasteiger partial charge in [0.05, 0.1) is 12.2 Å². The number of amides is 1. The SMILES string of the molecule is CCOC(=O)c1ccc(NC(=O)c2ccnc(Nc3c(F)cccc3F)n2)cc1. The van der Waals surface area contributed by atoms with E-state index < -0.39 is 29.2 Å². The van der Waals surface area contributed by atoms with E-state index >= 15 is 0 Å². The first-order valence-electron chi connectivity index (χ1n) is 8.60. The average molecular weight is 398 g/mol. The molecule has 3 rings (SSSR count). The van der Waals surface area contributed by atoms with E-state index in [1.165, 1.54) is 30.5 Å². The van der Waals surface area contributed by atoms with Gasteiger partial charge < -0.3 is 15.4 Å². The van der Waals surface area contributed by atoms with Gasteiger partial charge in [-0.1, -0.05) is 6.07 Å². The summed E-state index contributed by atoms with van der Waals surface area (Å²) < 4.78 is 32.4. The number of carbonyl (C=O) groups is 2. The molecule has 2 N–H and O–H groups in total. The third-order valence-electron chi connectivity index (χ3n) is 3.74. The molecule has 9 heteroatoms. The number of carbonyl (C=O) groups excluding carboxylic acids is 2. The van der Waals surface area contributed by atoms with Crippen molar-refractivity contribution in [2.45, 2.75) is 6.92 Å². The van der Waals surface area contributed by atoms with Gasteiger partial charge >= 0.3 is 5.97 Å². The summed E-state index contributed by atoms with van der Waals surface area (Å²) in [5.74, 6) is -2.79. The summed E-state index contributed by atoms with van der Waals surface area (Å²) in [6.07, 6.45) is 1.28. The van der Waals surface area contributed by atoms with E-state index in [1.54, 1.807) is 19.1 Å². The highest BCUT2D eigenvalue weighted by Crippen LogP contribution is 2.21. The Morgan fingerprint density at radius 1 is 1.03 bits per heavy atom. The minimum absolute atomic E-state index is 0.0197. The number of nitrogens with one attached hydrogen (secondary N) is 2. The van der Waals surface area contributed by atoms with Crippen LogP contribution in [0.15, 0.2) is 54.7 Å². The fraction of sp³-hybridized carbons (Fsp3) is 0.100. The quantitative estimate of drug-likeness (QED) is 0.611. The first-order valence-corrected chi connectivity index (χ1v) is 8.60. The van der Waals surface area contributed by atoms with Crippen LogP contribution in [0.1, 0.15) is 27.8 Å².